The molecule has 1 aliphatic heterocycles. The Morgan fingerprint density at radius 1 is 1.54 bits per heavy atom. The number of thiophene rings is 1. The molecule has 1 amide bonds. The zero-order valence-electron chi connectivity index (χ0n) is 13.3. The van der Waals surface area contributed by atoms with E-state index >= 15 is 0 Å². The van der Waals surface area contributed by atoms with Gasteiger partial charge in [0, 0.05) is 37.1 Å². The number of aliphatic hydroxyl groups excluding tert-OH is 1. The summed E-state index contributed by atoms with van der Waals surface area (Å²) in [5, 5.41) is 15.3. The van der Waals surface area contributed by atoms with Crippen molar-refractivity contribution in [3.8, 4) is 0 Å². The van der Waals surface area contributed by atoms with Crippen LogP contribution in [0.4, 0.5) is 0 Å². The molecule has 24 heavy (non-hydrogen) atoms. The highest BCUT2D eigenvalue weighted by molar-refractivity contribution is 7.10. The number of β-amino-alcohol motifs (C(OH)–C–C–N with tert-alkyl or cyclic N) is 1. The third-order valence-corrected chi connectivity index (χ3v) is 5.47. The summed E-state index contributed by atoms with van der Waals surface area (Å²) in [6.07, 6.45) is 1.63. The molecule has 128 valence electrons. The average Bonchev–Trinajstić information content (AvgIpc) is 2.93. The lowest BCUT2D eigenvalue weighted by Gasteiger charge is -2.29. The Hall–Kier alpha value is -1.54. The molecule has 3 rings (SSSR count). The van der Waals surface area contributed by atoms with Crippen molar-refractivity contribution in [2.24, 2.45) is 0 Å². The van der Waals surface area contributed by atoms with Crippen LogP contribution in [-0.4, -0.2) is 51.6 Å². The summed E-state index contributed by atoms with van der Waals surface area (Å²) in [6.45, 7) is 4.62. The number of aryl methyl sites for hydroxylation is 1. The second-order valence-corrected chi connectivity index (χ2v) is 7.25. The monoisotopic (exact) mass is 366 g/mol. The number of rotatable bonds is 5. The molecular weight excluding hydrogens is 348 g/mol. The number of amides is 1. The smallest absolute Gasteiger partial charge is 0.270 e. The van der Waals surface area contributed by atoms with Gasteiger partial charge in [-0.3, -0.25) is 9.69 Å². The Morgan fingerprint density at radius 3 is 3.17 bits per heavy atom. The first-order chi connectivity index (χ1) is 11.5. The lowest BCUT2D eigenvalue weighted by Crippen LogP contribution is -2.42. The Balaban J connectivity index is 1.49. The van der Waals surface area contributed by atoms with E-state index in [-0.39, 0.29) is 23.3 Å². The van der Waals surface area contributed by atoms with Gasteiger partial charge in [-0.05, 0) is 29.9 Å². The summed E-state index contributed by atoms with van der Waals surface area (Å²) in [5.41, 5.74) is 2.90. The first-order valence-electron chi connectivity index (χ1n) is 7.75. The molecule has 0 unspecified atom stereocenters. The van der Waals surface area contributed by atoms with E-state index in [0.29, 0.717) is 6.54 Å². The second-order valence-electron chi connectivity index (χ2n) is 5.90. The molecule has 6 nitrogen and oxygen atoms in total. The fourth-order valence-electron chi connectivity index (χ4n) is 2.78. The SMILES string of the molecule is Cc1csc2c1CN(C[C@@H](O)CNC(=O)c1cc(Cl)ncn1)CC2. The molecule has 0 spiro atoms. The topological polar surface area (TPSA) is 78.4 Å². The summed E-state index contributed by atoms with van der Waals surface area (Å²) in [4.78, 5) is 23.3. The third-order valence-electron chi connectivity index (χ3n) is 4.06. The quantitative estimate of drug-likeness (QED) is 0.787. The van der Waals surface area contributed by atoms with Crippen molar-refractivity contribution < 1.29 is 9.90 Å². The van der Waals surface area contributed by atoms with Gasteiger partial charge in [0.1, 0.15) is 17.2 Å². The third kappa shape index (κ3) is 4.10. The maximum absolute atomic E-state index is 12.0. The fourth-order valence-corrected chi connectivity index (χ4v) is 3.97. The van der Waals surface area contributed by atoms with Gasteiger partial charge in [0.15, 0.2) is 0 Å². The Labute approximate surface area is 149 Å². The minimum absolute atomic E-state index is 0.173. The van der Waals surface area contributed by atoms with Crippen molar-refractivity contribution in [3.63, 3.8) is 0 Å². The maximum Gasteiger partial charge on any atom is 0.270 e. The van der Waals surface area contributed by atoms with Crippen molar-refractivity contribution >= 4 is 28.8 Å². The van der Waals surface area contributed by atoms with Gasteiger partial charge in [-0.25, -0.2) is 9.97 Å². The standard InChI is InChI=1S/C16H19ClN4O2S/c1-10-8-24-14-2-3-21(7-12(10)14)6-11(22)5-18-16(23)13-4-15(17)20-9-19-13/h4,8-9,11,22H,2-3,5-7H2,1H3,(H,18,23)/t11-/m0/s1. The van der Waals surface area contributed by atoms with Gasteiger partial charge in [0.05, 0.1) is 6.10 Å². The van der Waals surface area contributed by atoms with Crippen molar-refractivity contribution in [2.45, 2.75) is 26.0 Å². The van der Waals surface area contributed by atoms with Crippen molar-refractivity contribution in [1.82, 2.24) is 20.2 Å². The van der Waals surface area contributed by atoms with Gasteiger partial charge < -0.3 is 10.4 Å². The zero-order valence-corrected chi connectivity index (χ0v) is 14.9. The van der Waals surface area contributed by atoms with Gasteiger partial charge in [-0.2, -0.15) is 0 Å². The van der Waals surface area contributed by atoms with Crippen LogP contribution in [0.15, 0.2) is 17.8 Å². The predicted octanol–water partition coefficient (Wildman–Crippen LogP) is 1.65. The Kier molecular flexibility index (Phi) is 5.45. The molecule has 0 bridgehead atoms. The van der Waals surface area contributed by atoms with Crippen LogP contribution in [0.5, 0.6) is 0 Å². The van der Waals surface area contributed by atoms with Crippen molar-refractivity contribution in [3.05, 3.63) is 44.6 Å². The molecular formula is C16H19ClN4O2S. The molecule has 1 atom stereocenters. The number of fused-ring (bicyclic) bond motifs is 1. The molecule has 8 heteroatoms. The summed E-state index contributed by atoms with van der Waals surface area (Å²) in [7, 11) is 0. The zero-order chi connectivity index (χ0) is 17.1. The molecule has 2 aromatic rings. The molecule has 0 aliphatic carbocycles. The van der Waals surface area contributed by atoms with Gasteiger partial charge in [-0.1, -0.05) is 11.6 Å². The minimum Gasteiger partial charge on any atom is -0.390 e. The first kappa shape index (κ1) is 17.3. The number of halogens is 1. The maximum atomic E-state index is 12.0. The van der Waals surface area contributed by atoms with Crippen molar-refractivity contribution in [2.75, 3.05) is 19.6 Å². The van der Waals surface area contributed by atoms with Crippen LogP contribution in [0.1, 0.15) is 26.5 Å². The van der Waals surface area contributed by atoms with Crippen molar-refractivity contribution in [1.29, 1.82) is 0 Å². The largest absolute Gasteiger partial charge is 0.390 e. The van der Waals surface area contributed by atoms with E-state index in [1.807, 2.05) is 11.3 Å². The average molecular weight is 367 g/mol. The molecule has 1 aliphatic rings. The molecule has 3 heterocycles. The number of aromatic nitrogens is 2. The lowest BCUT2D eigenvalue weighted by molar-refractivity contribution is 0.0838. The van der Waals surface area contributed by atoms with Gasteiger partial charge in [-0.15, -0.1) is 11.3 Å². The van der Waals surface area contributed by atoms with Gasteiger partial charge >= 0.3 is 0 Å². The van der Waals surface area contributed by atoms with E-state index in [0.717, 1.165) is 19.5 Å². The van der Waals surface area contributed by atoms with Crippen LogP contribution >= 0.6 is 22.9 Å². The molecule has 0 saturated carbocycles. The lowest BCUT2D eigenvalue weighted by atomic mass is 10.1. The van der Waals surface area contributed by atoms with E-state index in [1.54, 1.807) is 0 Å². The van der Waals surface area contributed by atoms with Crippen LogP contribution in [0.2, 0.25) is 5.15 Å². The molecule has 2 N–H and O–H groups in total. The second kappa shape index (κ2) is 7.57. The molecule has 0 radical (unpaired) electrons. The highest BCUT2D eigenvalue weighted by Gasteiger charge is 2.21. The number of aliphatic hydroxyl groups is 1. The fraction of sp³-hybridized carbons (Fsp3) is 0.438. The summed E-state index contributed by atoms with van der Waals surface area (Å²) < 4.78 is 0. The highest BCUT2D eigenvalue weighted by atomic mass is 35.5. The molecule has 0 fully saturated rings. The van der Waals surface area contributed by atoms with Crippen LogP contribution < -0.4 is 5.32 Å². The van der Waals surface area contributed by atoms with Crippen LogP contribution in [0.25, 0.3) is 0 Å². The molecule has 2 aromatic heterocycles. The Morgan fingerprint density at radius 2 is 2.38 bits per heavy atom. The van der Waals surface area contributed by atoms with E-state index in [1.165, 1.54) is 28.4 Å². The number of carbonyl (C=O) groups is 1. The number of hydrogen-bond acceptors (Lipinski definition) is 6. The van der Waals surface area contributed by atoms with E-state index < -0.39 is 6.10 Å². The minimum atomic E-state index is -0.633. The number of nitrogens with zero attached hydrogens (tertiary/aromatic N) is 3. The Bertz CT molecular complexity index is 737. The van der Waals surface area contributed by atoms with Crippen LogP contribution in [-0.2, 0) is 13.0 Å². The molecule has 0 saturated heterocycles. The van der Waals surface area contributed by atoms with E-state index in [2.05, 4.69) is 32.5 Å². The number of nitrogens with one attached hydrogen (secondary N) is 1. The van der Waals surface area contributed by atoms with Gasteiger partial charge in [0.25, 0.3) is 5.91 Å². The number of hydrogen-bond donors (Lipinski definition) is 2. The van der Waals surface area contributed by atoms with Crippen LogP contribution in [0, 0.1) is 6.92 Å². The molecule has 0 aromatic carbocycles. The first-order valence-corrected chi connectivity index (χ1v) is 9.00. The summed E-state index contributed by atoms with van der Waals surface area (Å²) >= 11 is 7.56. The predicted molar refractivity (Wildman–Crippen MR) is 93.4 cm³/mol. The summed E-state index contributed by atoms with van der Waals surface area (Å²) in [5.74, 6) is -0.368. The number of carbonyl (C=O) groups excluding carboxylic acids is 1. The summed E-state index contributed by atoms with van der Waals surface area (Å²) in [6, 6.07) is 1.40. The highest BCUT2D eigenvalue weighted by Crippen LogP contribution is 2.27. The van der Waals surface area contributed by atoms with Crippen LogP contribution in [0.3, 0.4) is 0 Å². The van der Waals surface area contributed by atoms with E-state index in [9.17, 15) is 9.90 Å². The normalized spacial score (nSPS) is 15.8. The van der Waals surface area contributed by atoms with E-state index in [4.69, 9.17) is 11.6 Å². The van der Waals surface area contributed by atoms with Gasteiger partial charge in [0.2, 0.25) is 0 Å².